The maximum Gasteiger partial charge on any atom is 0.256 e. The van der Waals surface area contributed by atoms with E-state index in [1.807, 2.05) is 18.2 Å². The molecule has 1 saturated carbocycles. The van der Waals surface area contributed by atoms with Crippen molar-refractivity contribution < 1.29 is 13.6 Å². The zero-order valence-corrected chi connectivity index (χ0v) is 14.5. The van der Waals surface area contributed by atoms with Gasteiger partial charge in [0, 0.05) is 24.7 Å². The lowest BCUT2D eigenvalue weighted by Gasteiger charge is -2.24. The number of oxazole rings is 1. The summed E-state index contributed by atoms with van der Waals surface area (Å²) in [4.78, 5) is 18.6. The highest BCUT2D eigenvalue weighted by Gasteiger charge is 2.29. The Hall–Kier alpha value is -2.73. The van der Waals surface area contributed by atoms with Crippen molar-refractivity contribution in [2.24, 2.45) is 5.73 Å². The molecule has 1 amide bonds. The number of amides is 1. The standard InChI is InChI=1S/C20H20FN3O2/c1-24(14-8-7-13(22)11-14)20(25)15-9-6-12(10-16(15)21)19-23-17-4-2-3-5-18(17)26-19/h2-6,9-10,13-14H,7-8,11,22H2,1H3/t13-,14+/m0/s1. The molecule has 1 aromatic heterocycles. The van der Waals surface area contributed by atoms with E-state index in [1.165, 1.54) is 12.1 Å². The molecular formula is C20H20FN3O2. The molecule has 2 atom stereocenters. The van der Waals surface area contributed by atoms with E-state index in [0.29, 0.717) is 22.6 Å². The number of carbonyl (C=O) groups excluding carboxylic acids is 1. The van der Waals surface area contributed by atoms with E-state index in [9.17, 15) is 9.18 Å². The Balaban J connectivity index is 1.60. The lowest BCUT2D eigenvalue weighted by molar-refractivity contribution is 0.0729. The van der Waals surface area contributed by atoms with Gasteiger partial charge in [0.05, 0.1) is 5.56 Å². The van der Waals surface area contributed by atoms with Crippen LogP contribution in [0.25, 0.3) is 22.6 Å². The Morgan fingerprint density at radius 2 is 2.08 bits per heavy atom. The van der Waals surface area contributed by atoms with Crippen LogP contribution in [-0.2, 0) is 0 Å². The Labute approximate surface area is 150 Å². The highest BCUT2D eigenvalue weighted by molar-refractivity contribution is 5.95. The van der Waals surface area contributed by atoms with Crippen molar-refractivity contribution in [1.82, 2.24) is 9.88 Å². The predicted molar refractivity (Wildman–Crippen MR) is 97.1 cm³/mol. The summed E-state index contributed by atoms with van der Waals surface area (Å²) in [7, 11) is 1.71. The van der Waals surface area contributed by atoms with Crippen LogP contribution in [0.1, 0.15) is 29.6 Å². The molecule has 1 aliphatic rings. The van der Waals surface area contributed by atoms with Gasteiger partial charge in [0.2, 0.25) is 5.89 Å². The summed E-state index contributed by atoms with van der Waals surface area (Å²) in [6.07, 6.45) is 2.50. The molecular weight excluding hydrogens is 333 g/mol. The average Bonchev–Trinajstić information content (AvgIpc) is 3.26. The van der Waals surface area contributed by atoms with E-state index in [0.717, 1.165) is 19.3 Å². The van der Waals surface area contributed by atoms with Crippen molar-refractivity contribution in [3.05, 3.63) is 53.8 Å². The zero-order chi connectivity index (χ0) is 18.3. The maximum absolute atomic E-state index is 14.6. The van der Waals surface area contributed by atoms with Crippen LogP contribution in [0.15, 0.2) is 46.9 Å². The van der Waals surface area contributed by atoms with Gasteiger partial charge in [0.15, 0.2) is 5.58 Å². The number of rotatable bonds is 3. The molecule has 0 radical (unpaired) electrons. The van der Waals surface area contributed by atoms with Gasteiger partial charge in [-0.05, 0) is 49.6 Å². The monoisotopic (exact) mass is 353 g/mol. The van der Waals surface area contributed by atoms with Gasteiger partial charge in [0.25, 0.3) is 5.91 Å². The number of aromatic nitrogens is 1. The summed E-state index contributed by atoms with van der Waals surface area (Å²) >= 11 is 0. The molecule has 3 aromatic rings. The molecule has 6 heteroatoms. The van der Waals surface area contributed by atoms with Crippen LogP contribution < -0.4 is 5.73 Å². The summed E-state index contributed by atoms with van der Waals surface area (Å²) in [5.74, 6) is -0.575. The number of para-hydroxylation sites is 2. The molecule has 0 aliphatic heterocycles. The molecule has 1 heterocycles. The largest absolute Gasteiger partial charge is 0.436 e. The molecule has 0 saturated heterocycles. The molecule has 0 unspecified atom stereocenters. The van der Waals surface area contributed by atoms with Gasteiger partial charge in [-0.25, -0.2) is 9.37 Å². The first-order valence-electron chi connectivity index (χ1n) is 8.71. The Morgan fingerprint density at radius 3 is 2.77 bits per heavy atom. The topological polar surface area (TPSA) is 72.4 Å². The Kier molecular flexibility index (Phi) is 4.20. The highest BCUT2D eigenvalue weighted by atomic mass is 19.1. The van der Waals surface area contributed by atoms with Crippen molar-refractivity contribution in [2.45, 2.75) is 31.3 Å². The van der Waals surface area contributed by atoms with Crippen molar-refractivity contribution in [3.8, 4) is 11.5 Å². The van der Waals surface area contributed by atoms with Crippen LogP contribution in [-0.4, -0.2) is 34.9 Å². The van der Waals surface area contributed by atoms with Gasteiger partial charge >= 0.3 is 0 Å². The Bertz CT molecular complexity index is 936. The lowest BCUT2D eigenvalue weighted by Crippen LogP contribution is -2.36. The van der Waals surface area contributed by atoms with Crippen molar-refractivity contribution in [3.63, 3.8) is 0 Å². The first-order chi connectivity index (χ1) is 12.5. The molecule has 5 nitrogen and oxygen atoms in total. The molecule has 26 heavy (non-hydrogen) atoms. The number of nitrogens with two attached hydrogens (primary N) is 1. The maximum atomic E-state index is 14.6. The summed E-state index contributed by atoms with van der Waals surface area (Å²) in [6, 6.07) is 12.0. The fraction of sp³-hybridized carbons (Fsp3) is 0.300. The van der Waals surface area contributed by atoms with Crippen molar-refractivity contribution in [1.29, 1.82) is 0 Å². The second-order valence-corrected chi connectivity index (χ2v) is 6.82. The summed E-state index contributed by atoms with van der Waals surface area (Å²) in [5, 5.41) is 0. The SMILES string of the molecule is CN(C(=O)c1ccc(-c2nc3ccccc3o2)cc1F)[C@@H]1CC[C@H](N)C1. The van der Waals surface area contributed by atoms with Crippen LogP contribution in [0.2, 0.25) is 0 Å². The number of benzene rings is 2. The predicted octanol–water partition coefficient (Wildman–Crippen LogP) is 3.59. The quantitative estimate of drug-likeness (QED) is 0.781. The summed E-state index contributed by atoms with van der Waals surface area (Å²) in [5.41, 5.74) is 7.82. The van der Waals surface area contributed by atoms with Gasteiger partial charge in [-0.1, -0.05) is 12.1 Å². The van der Waals surface area contributed by atoms with Gasteiger partial charge < -0.3 is 15.1 Å². The molecule has 2 N–H and O–H groups in total. The first kappa shape index (κ1) is 16.7. The molecule has 0 bridgehead atoms. The average molecular weight is 353 g/mol. The van der Waals surface area contributed by atoms with E-state index in [4.69, 9.17) is 10.2 Å². The number of halogens is 1. The van der Waals surface area contributed by atoms with E-state index in [-0.39, 0.29) is 23.6 Å². The van der Waals surface area contributed by atoms with Crippen LogP contribution in [0, 0.1) is 5.82 Å². The van der Waals surface area contributed by atoms with Gasteiger partial charge in [-0.15, -0.1) is 0 Å². The van der Waals surface area contributed by atoms with Crippen LogP contribution >= 0.6 is 0 Å². The van der Waals surface area contributed by atoms with E-state index >= 15 is 0 Å². The van der Waals surface area contributed by atoms with Gasteiger partial charge in [-0.3, -0.25) is 4.79 Å². The second kappa shape index (κ2) is 6.53. The summed E-state index contributed by atoms with van der Waals surface area (Å²) in [6.45, 7) is 0. The molecule has 1 fully saturated rings. The minimum absolute atomic E-state index is 0.0489. The Morgan fingerprint density at radius 1 is 1.27 bits per heavy atom. The molecule has 2 aromatic carbocycles. The van der Waals surface area contributed by atoms with Gasteiger partial charge in [-0.2, -0.15) is 0 Å². The fourth-order valence-corrected chi connectivity index (χ4v) is 3.52. The van der Waals surface area contributed by atoms with Crippen LogP contribution in [0.4, 0.5) is 4.39 Å². The van der Waals surface area contributed by atoms with Crippen LogP contribution in [0.5, 0.6) is 0 Å². The van der Waals surface area contributed by atoms with Crippen LogP contribution in [0.3, 0.4) is 0 Å². The number of nitrogens with zero attached hydrogens (tertiary/aromatic N) is 2. The van der Waals surface area contributed by atoms with E-state index in [2.05, 4.69) is 4.98 Å². The van der Waals surface area contributed by atoms with E-state index in [1.54, 1.807) is 24.1 Å². The van der Waals surface area contributed by atoms with Crippen molar-refractivity contribution >= 4 is 17.0 Å². The minimum Gasteiger partial charge on any atom is -0.436 e. The number of hydrogen-bond donors (Lipinski definition) is 1. The lowest BCUT2D eigenvalue weighted by atomic mass is 10.1. The second-order valence-electron chi connectivity index (χ2n) is 6.82. The molecule has 134 valence electrons. The smallest absolute Gasteiger partial charge is 0.256 e. The molecule has 1 aliphatic carbocycles. The first-order valence-corrected chi connectivity index (χ1v) is 8.71. The fourth-order valence-electron chi connectivity index (χ4n) is 3.52. The molecule has 0 spiro atoms. The number of hydrogen-bond acceptors (Lipinski definition) is 4. The normalized spacial score (nSPS) is 19.8. The molecule has 4 rings (SSSR count). The summed E-state index contributed by atoms with van der Waals surface area (Å²) < 4.78 is 20.3. The highest BCUT2D eigenvalue weighted by Crippen LogP contribution is 2.27. The minimum atomic E-state index is -0.580. The van der Waals surface area contributed by atoms with Crippen molar-refractivity contribution in [2.75, 3.05) is 7.05 Å². The number of carbonyl (C=O) groups is 1. The van der Waals surface area contributed by atoms with Gasteiger partial charge in [0.1, 0.15) is 11.3 Å². The zero-order valence-electron chi connectivity index (χ0n) is 14.5. The third-order valence-electron chi connectivity index (χ3n) is 5.05. The third-order valence-corrected chi connectivity index (χ3v) is 5.05. The van der Waals surface area contributed by atoms with E-state index < -0.39 is 5.82 Å². The number of fused-ring (bicyclic) bond motifs is 1. The third kappa shape index (κ3) is 2.97.